The standard InChI is InChI=1S/C19H18Br2Cl2N2O5S2/c20-13-1-3-17(15(22)11-13)31(26,27)24-7-5-19(6-8-24)25(9-10-30-19)32(28,29)18-4-2-14(21)12-16(18)23/h1-4,11-12H,5-10H2. The van der Waals surface area contributed by atoms with E-state index in [0.717, 1.165) is 0 Å². The van der Waals surface area contributed by atoms with Gasteiger partial charge in [0.2, 0.25) is 20.0 Å². The van der Waals surface area contributed by atoms with Crippen molar-refractivity contribution >= 4 is 75.1 Å². The second kappa shape index (κ2) is 9.09. The third-order valence-corrected chi connectivity index (χ3v) is 11.4. The maximum absolute atomic E-state index is 13.4. The molecule has 0 unspecified atom stereocenters. The van der Waals surface area contributed by atoms with Crippen molar-refractivity contribution in [1.82, 2.24) is 8.61 Å². The summed E-state index contributed by atoms with van der Waals surface area (Å²) < 4.78 is 63.0. The van der Waals surface area contributed by atoms with E-state index in [-0.39, 0.29) is 58.9 Å². The molecule has 0 aromatic heterocycles. The molecule has 0 radical (unpaired) electrons. The highest BCUT2D eigenvalue weighted by atomic mass is 79.9. The van der Waals surface area contributed by atoms with E-state index in [2.05, 4.69) is 31.9 Å². The van der Waals surface area contributed by atoms with E-state index in [1.807, 2.05) is 0 Å². The van der Waals surface area contributed by atoms with Gasteiger partial charge in [0.25, 0.3) is 0 Å². The Morgan fingerprint density at radius 3 is 1.81 bits per heavy atom. The number of piperidine rings is 1. The van der Waals surface area contributed by atoms with E-state index in [0.29, 0.717) is 8.95 Å². The zero-order chi connectivity index (χ0) is 23.3. The van der Waals surface area contributed by atoms with Gasteiger partial charge in [0.1, 0.15) is 15.5 Å². The molecule has 0 saturated carbocycles. The molecule has 32 heavy (non-hydrogen) atoms. The van der Waals surface area contributed by atoms with Crippen LogP contribution in [0.5, 0.6) is 0 Å². The van der Waals surface area contributed by atoms with Crippen LogP contribution in [0.25, 0.3) is 0 Å². The molecule has 0 N–H and O–H groups in total. The minimum absolute atomic E-state index is 0.0102. The Labute approximate surface area is 214 Å². The van der Waals surface area contributed by atoms with Crippen LogP contribution < -0.4 is 0 Å². The highest BCUT2D eigenvalue weighted by Gasteiger charge is 2.52. The maximum atomic E-state index is 13.4. The Kier molecular flexibility index (Phi) is 7.06. The molecule has 0 amide bonds. The number of halogens is 4. The van der Waals surface area contributed by atoms with E-state index in [1.54, 1.807) is 12.1 Å². The lowest BCUT2D eigenvalue weighted by Gasteiger charge is -2.42. The van der Waals surface area contributed by atoms with Crippen molar-refractivity contribution in [1.29, 1.82) is 0 Å². The number of nitrogens with zero attached hydrogens (tertiary/aromatic N) is 2. The molecule has 13 heteroatoms. The molecule has 2 saturated heterocycles. The van der Waals surface area contributed by atoms with Gasteiger partial charge in [-0.15, -0.1) is 0 Å². The van der Waals surface area contributed by atoms with Crippen molar-refractivity contribution in [3.05, 3.63) is 55.4 Å². The molecule has 7 nitrogen and oxygen atoms in total. The summed E-state index contributed by atoms with van der Waals surface area (Å²) in [5, 5.41) is 0.220. The Balaban J connectivity index is 1.59. The van der Waals surface area contributed by atoms with Crippen LogP contribution >= 0.6 is 55.1 Å². The lowest BCUT2D eigenvalue weighted by Crippen LogP contribution is -2.55. The van der Waals surface area contributed by atoms with Crippen LogP contribution in [0, 0.1) is 0 Å². The van der Waals surface area contributed by atoms with Crippen molar-refractivity contribution in [2.75, 3.05) is 26.2 Å². The van der Waals surface area contributed by atoms with E-state index >= 15 is 0 Å². The van der Waals surface area contributed by atoms with Gasteiger partial charge in [-0.3, -0.25) is 0 Å². The Bertz CT molecular complexity index is 1270. The molecule has 2 aliphatic heterocycles. The predicted molar refractivity (Wildman–Crippen MR) is 129 cm³/mol. The maximum Gasteiger partial charge on any atom is 0.247 e. The first-order valence-electron chi connectivity index (χ1n) is 9.54. The topological polar surface area (TPSA) is 84.0 Å². The fourth-order valence-electron chi connectivity index (χ4n) is 4.03. The first-order chi connectivity index (χ1) is 15.0. The molecular weight excluding hydrogens is 631 g/mol. The van der Waals surface area contributed by atoms with Crippen LogP contribution in [0.1, 0.15) is 12.8 Å². The molecule has 2 aromatic rings. The fraction of sp³-hybridized carbons (Fsp3) is 0.368. The van der Waals surface area contributed by atoms with Crippen LogP contribution in [0.2, 0.25) is 10.0 Å². The molecule has 0 atom stereocenters. The smallest absolute Gasteiger partial charge is 0.247 e. The van der Waals surface area contributed by atoms with Gasteiger partial charge in [-0.25, -0.2) is 16.8 Å². The van der Waals surface area contributed by atoms with Gasteiger partial charge in [-0.2, -0.15) is 8.61 Å². The van der Waals surface area contributed by atoms with E-state index < -0.39 is 25.8 Å². The van der Waals surface area contributed by atoms with Gasteiger partial charge in [0, 0.05) is 41.4 Å². The quantitative estimate of drug-likeness (QED) is 0.479. The zero-order valence-electron chi connectivity index (χ0n) is 16.5. The van der Waals surface area contributed by atoms with Crippen molar-refractivity contribution in [2.45, 2.75) is 28.4 Å². The minimum Gasteiger partial charge on any atom is -0.358 e. The van der Waals surface area contributed by atoms with Crippen molar-refractivity contribution in [2.24, 2.45) is 0 Å². The largest absolute Gasteiger partial charge is 0.358 e. The van der Waals surface area contributed by atoms with Crippen molar-refractivity contribution < 1.29 is 21.6 Å². The molecule has 4 rings (SSSR count). The van der Waals surface area contributed by atoms with Gasteiger partial charge in [0.15, 0.2) is 0 Å². The van der Waals surface area contributed by atoms with Gasteiger partial charge in [-0.1, -0.05) is 55.1 Å². The summed E-state index contributed by atoms with van der Waals surface area (Å²) in [4.78, 5) is 0.000663. The van der Waals surface area contributed by atoms with Crippen molar-refractivity contribution in [3.63, 3.8) is 0 Å². The normalized spacial score (nSPS) is 20.1. The third-order valence-electron chi connectivity index (χ3n) is 5.60. The highest BCUT2D eigenvalue weighted by Crippen LogP contribution is 2.41. The highest BCUT2D eigenvalue weighted by molar-refractivity contribution is 9.10. The molecule has 2 aliphatic rings. The fourth-order valence-corrected chi connectivity index (χ4v) is 9.22. The molecule has 0 bridgehead atoms. The van der Waals surface area contributed by atoms with Gasteiger partial charge in [0.05, 0.1) is 16.7 Å². The average molecular weight is 649 g/mol. The average Bonchev–Trinajstić information content (AvgIpc) is 3.11. The summed E-state index contributed by atoms with van der Waals surface area (Å²) in [5.41, 5.74) is -1.12. The van der Waals surface area contributed by atoms with E-state index in [1.165, 1.54) is 32.9 Å². The molecular formula is C19H18Br2Cl2N2O5S2. The summed E-state index contributed by atoms with van der Waals surface area (Å²) in [6.45, 7) is 0.572. The number of ether oxygens (including phenoxy) is 1. The van der Waals surface area contributed by atoms with Crippen LogP contribution in [0.3, 0.4) is 0 Å². The molecule has 2 aromatic carbocycles. The van der Waals surface area contributed by atoms with E-state index in [4.69, 9.17) is 27.9 Å². The monoisotopic (exact) mass is 646 g/mol. The van der Waals surface area contributed by atoms with Crippen LogP contribution in [-0.2, 0) is 24.8 Å². The van der Waals surface area contributed by atoms with Crippen LogP contribution in [-0.4, -0.2) is 57.4 Å². The lowest BCUT2D eigenvalue weighted by molar-refractivity contribution is -0.0806. The van der Waals surface area contributed by atoms with Gasteiger partial charge < -0.3 is 4.74 Å². The zero-order valence-corrected chi connectivity index (χ0v) is 22.8. The first kappa shape index (κ1) is 24.9. The minimum atomic E-state index is -3.95. The Hall–Kier alpha value is -0.240. The Morgan fingerprint density at radius 1 is 0.812 bits per heavy atom. The molecule has 2 heterocycles. The SMILES string of the molecule is O=S(=O)(c1ccc(Br)cc1Cl)N1CCC2(CC1)OCCN2S(=O)(=O)c1ccc(Br)cc1Cl. The van der Waals surface area contributed by atoms with Crippen LogP contribution in [0.15, 0.2) is 55.1 Å². The van der Waals surface area contributed by atoms with Crippen LogP contribution in [0.4, 0.5) is 0 Å². The molecule has 174 valence electrons. The summed E-state index contributed by atoms with van der Waals surface area (Å²) in [6, 6.07) is 9.17. The predicted octanol–water partition coefficient (Wildman–Crippen LogP) is 4.72. The number of sulfonamides is 2. The third kappa shape index (κ3) is 4.40. The summed E-state index contributed by atoms with van der Waals surface area (Å²) in [7, 11) is -7.79. The van der Waals surface area contributed by atoms with Gasteiger partial charge >= 0.3 is 0 Å². The van der Waals surface area contributed by atoms with E-state index in [9.17, 15) is 16.8 Å². The second-order valence-electron chi connectivity index (χ2n) is 7.43. The first-order valence-corrected chi connectivity index (χ1v) is 14.8. The van der Waals surface area contributed by atoms with Gasteiger partial charge in [-0.05, 0) is 36.4 Å². The van der Waals surface area contributed by atoms with Crippen molar-refractivity contribution in [3.8, 4) is 0 Å². The number of rotatable bonds is 4. The number of benzene rings is 2. The number of hydrogen-bond donors (Lipinski definition) is 0. The second-order valence-corrected chi connectivity index (χ2v) is 13.8. The molecule has 0 aliphatic carbocycles. The Morgan fingerprint density at radius 2 is 1.31 bits per heavy atom. The summed E-state index contributed by atoms with van der Waals surface area (Å²) in [6.07, 6.45) is 0.376. The summed E-state index contributed by atoms with van der Waals surface area (Å²) in [5.74, 6) is 0. The molecule has 1 spiro atoms. The number of hydrogen-bond acceptors (Lipinski definition) is 5. The summed E-state index contributed by atoms with van der Waals surface area (Å²) >= 11 is 18.9. The molecule has 2 fully saturated rings. The lowest BCUT2D eigenvalue weighted by atomic mass is 10.0.